The largest absolute Gasteiger partial charge is 0.472 e. The van der Waals surface area contributed by atoms with E-state index in [0.29, 0.717) is 19.3 Å². The minimum atomic E-state index is -4.78. The molecular weight excluding hydrogens is 976 g/mol. The van der Waals surface area contributed by atoms with Crippen molar-refractivity contribution >= 4 is 25.7 Å². The van der Waals surface area contributed by atoms with Gasteiger partial charge in [-0.25, -0.2) is 4.57 Å². The van der Waals surface area contributed by atoms with Crippen LogP contribution in [0.5, 0.6) is 0 Å². The second-order valence-electron chi connectivity index (χ2n) is 19.0. The Balaban J connectivity index is 4.83. The van der Waals surface area contributed by atoms with Gasteiger partial charge in [0.2, 0.25) is 0 Å². The number of esters is 3. The summed E-state index contributed by atoms with van der Waals surface area (Å²) in [6, 6.07) is 0. The van der Waals surface area contributed by atoms with E-state index in [-0.39, 0.29) is 25.9 Å². The van der Waals surface area contributed by atoms with Crippen LogP contribution in [0, 0.1) is 0 Å². The van der Waals surface area contributed by atoms with Gasteiger partial charge in [-0.3, -0.25) is 23.4 Å². The lowest BCUT2D eigenvalue weighted by atomic mass is 10.1. The first-order valence-corrected chi connectivity index (χ1v) is 30.9. The number of ether oxygens (including phenoxy) is 3. The summed E-state index contributed by atoms with van der Waals surface area (Å²) in [6.07, 6.45) is 70.3. The van der Waals surface area contributed by atoms with Crippen molar-refractivity contribution in [3.8, 4) is 0 Å². The zero-order valence-electron chi connectivity index (χ0n) is 47.7. The normalized spacial score (nSPS) is 14.2. The first kappa shape index (κ1) is 71.9. The highest BCUT2D eigenvalue weighted by molar-refractivity contribution is 7.47. The van der Waals surface area contributed by atoms with Crippen molar-refractivity contribution in [1.82, 2.24) is 0 Å². The minimum absolute atomic E-state index is 0.0491. The van der Waals surface area contributed by atoms with Gasteiger partial charge in [0.25, 0.3) is 0 Å². The fourth-order valence-corrected chi connectivity index (χ4v) is 8.23. The van der Waals surface area contributed by atoms with Gasteiger partial charge in [0.15, 0.2) is 6.10 Å². The van der Waals surface area contributed by atoms with Crippen molar-refractivity contribution in [2.75, 3.05) is 26.4 Å². The summed E-state index contributed by atoms with van der Waals surface area (Å²) < 4.78 is 39.5. The van der Waals surface area contributed by atoms with Crippen LogP contribution in [0.25, 0.3) is 0 Å². The highest BCUT2D eigenvalue weighted by Gasteiger charge is 2.28. The molecule has 0 fully saturated rings. The number of aliphatic hydroxyl groups is 1. The number of phosphoric acid groups is 1. The quantitative estimate of drug-likeness (QED) is 0.0197. The van der Waals surface area contributed by atoms with E-state index in [1.54, 1.807) is 0 Å². The summed E-state index contributed by atoms with van der Waals surface area (Å²) in [5, 5.41) is 9.80. The highest BCUT2D eigenvalue weighted by Crippen LogP contribution is 2.43. The lowest BCUT2D eigenvalue weighted by Gasteiger charge is -2.21. The van der Waals surface area contributed by atoms with Crippen LogP contribution in [0.4, 0.5) is 0 Å². The van der Waals surface area contributed by atoms with Crippen LogP contribution < -0.4 is 0 Å². The predicted octanol–water partition coefficient (Wildman–Crippen LogP) is 17.6. The van der Waals surface area contributed by atoms with Gasteiger partial charge in [-0.1, -0.05) is 213 Å². The molecule has 0 aromatic carbocycles. The molecule has 0 aliphatic heterocycles. The monoisotopic (exact) mass is 1080 g/mol. The van der Waals surface area contributed by atoms with E-state index >= 15 is 0 Å². The SMILES string of the molecule is CC/C=C\C/C=C\C/C=C\C/C=C\CCCCCCCCC(=O)OCC(COP(=O)(O)OCC(CO)OC(=O)CC/C=C\C/C=C\C/C=C\C/C=C\CC)OC(=O)CCCCCCCCC/C=C\C/C=C\CCCCC. The van der Waals surface area contributed by atoms with Crippen LogP contribution >= 0.6 is 7.82 Å². The standard InChI is InChI=1S/C64H105O11P/c1-4-7-10-13-16-19-22-25-27-29-30-32-33-36-38-41-44-47-50-53-62(66)71-57-61(75-64(68)55-52-49-46-43-40-37-34-31-28-26-23-20-17-14-11-8-5-2)59-73-76(69,70)72-58-60(56-65)74-63(67)54-51-48-45-42-39-35-24-21-18-15-12-9-6-3/h7,9-10,12,16-21,25-28,30,32,35,39,45,48,60-61,65H,4-6,8,11,13-15,22-24,29,31,33-34,36-38,40-44,46-47,49-59H2,1-3H3,(H,69,70)/b10-7-,12-9-,19-16-,20-17-,21-18-,27-25-,28-26-,32-30-,39-35-,48-45-. The van der Waals surface area contributed by atoms with Crippen LogP contribution in [0.3, 0.4) is 0 Å². The van der Waals surface area contributed by atoms with Crippen LogP contribution in [-0.4, -0.2) is 66.5 Å². The molecule has 12 heteroatoms. The second-order valence-corrected chi connectivity index (χ2v) is 20.5. The van der Waals surface area contributed by atoms with Gasteiger partial charge in [0, 0.05) is 19.3 Å². The molecule has 3 atom stereocenters. The molecule has 0 saturated carbocycles. The van der Waals surface area contributed by atoms with Crippen LogP contribution in [0.15, 0.2) is 122 Å². The first-order chi connectivity index (χ1) is 37.2. The van der Waals surface area contributed by atoms with E-state index in [2.05, 4.69) is 130 Å². The Hall–Kier alpha value is -4.12. The number of hydrogen-bond acceptors (Lipinski definition) is 10. The molecule has 11 nitrogen and oxygen atoms in total. The Labute approximate surface area is 462 Å². The van der Waals surface area contributed by atoms with E-state index in [0.717, 1.165) is 128 Å². The van der Waals surface area contributed by atoms with Crippen molar-refractivity contribution in [1.29, 1.82) is 0 Å². The summed E-state index contributed by atoms with van der Waals surface area (Å²) in [5.74, 6) is -1.59. The lowest BCUT2D eigenvalue weighted by molar-refractivity contribution is -0.161. The Morgan fingerprint density at radius 2 is 0.711 bits per heavy atom. The lowest BCUT2D eigenvalue weighted by Crippen LogP contribution is -2.30. The Bertz CT molecular complexity index is 1740. The average Bonchev–Trinajstić information content (AvgIpc) is 3.41. The van der Waals surface area contributed by atoms with Crippen LogP contribution in [0.1, 0.15) is 226 Å². The number of allylic oxidation sites excluding steroid dienone is 20. The molecule has 0 aromatic heterocycles. The molecule has 3 unspecified atom stereocenters. The number of rotatable bonds is 53. The molecule has 0 spiro atoms. The molecule has 0 amide bonds. The van der Waals surface area contributed by atoms with Gasteiger partial charge in [-0.05, 0) is 116 Å². The van der Waals surface area contributed by atoms with Crippen molar-refractivity contribution in [3.05, 3.63) is 122 Å². The van der Waals surface area contributed by atoms with E-state index in [9.17, 15) is 28.9 Å². The van der Waals surface area contributed by atoms with Crippen molar-refractivity contribution < 1.29 is 52.2 Å². The molecule has 0 rings (SSSR count). The van der Waals surface area contributed by atoms with Gasteiger partial charge < -0.3 is 24.2 Å². The summed E-state index contributed by atoms with van der Waals surface area (Å²) in [6.45, 7) is 4.27. The van der Waals surface area contributed by atoms with E-state index in [4.69, 9.17) is 23.3 Å². The Morgan fingerprint density at radius 3 is 1.13 bits per heavy atom. The number of unbranched alkanes of at least 4 members (excludes halogenated alkanes) is 16. The smallest absolute Gasteiger partial charge is 0.462 e. The van der Waals surface area contributed by atoms with E-state index < -0.39 is 57.8 Å². The van der Waals surface area contributed by atoms with Crippen molar-refractivity contribution in [2.24, 2.45) is 0 Å². The number of phosphoric ester groups is 1. The fraction of sp³-hybridized carbons (Fsp3) is 0.641. The first-order valence-electron chi connectivity index (χ1n) is 29.4. The maximum atomic E-state index is 12.9. The van der Waals surface area contributed by atoms with Gasteiger partial charge in [0.05, 0.1) is 19.8 Å². The zero-order valence-corrected chi connectivity index (χ0v) is 48.6. The Kier molecular flexibility index (Phi) is 54.0. The fourth-order valence-electron chi connectivity index (χ4n) is 7.45. The molecule has 0 heterocycles. The van der Waals surface area contributed by atoms with Gasteiger partial charge in [-0.2, -0.15) is 0 Å². The van der Waals surface area contributed by atoms with Crippen molar-refractivity contribution in [2.45, 2.75) is 238 Å². The maximum Gasteiger partial charge on any atom is 0.472 e. The topological polar surface area (TPSA) is 155 Å². The summed E-state index contributed by atoms with van der Waals surface area (Å²) in [7, 11) is -4.78. The summed E-state index contributed by atoms with van der Waals surface area (Å²) in [5.41, 5.74) is 0. The number of hydrogen-bond donors (Lipinski definition) is 2. The van der Waals surface area contributed by atoms with E-state index in [1.165, 1.54) is 38.5 Å². The second kappa shape index (κ2) is 57.1. The summed E-state index contributed by atoms with van der Waals surface area (Å²) >= 11 is 0. The van der Waals surface area contributed by atoms with Gasteiger partial charge in [-0.15, -0.1) is 0 Å². The maximum absolute atomic E-state index is 12.9. The van der Waals surface area contributed by atoms with E-state index in [1.807, 2.05) is 12.2 Å². The molecule has 0 radical (unpaired) electrons. The third-order valence-corrected chi connectivity index (χ3v) is 12.8. The van der Waals surface area contributed by atoms with Crippen LogP contribution in [0.2, 0.25) is 0 Å². The number of carbonyl (C=O) groups is 3. The molecular formula is C64H105O11P. The minimum Gasteiger partial charge on any atom is -0.462 e. The third-order valence-electron chi connectivity index (χ3n) is 11.9. The molecule has 0 aromatic rings. The Morgan fingerprint density at radius 1 is 0.382 bits per heavy atom. The predicted molar refractivity (Wildman–Crippen MR) is 316 cm³/mol. The molecule has 0 bridgehead atoms. The molecule has 0 aliphatic rings. The molecule has 2 N–H and O–H groups in total. The molecule has 0 saturated heterocycles. The molecule has 76 heavy (non-hydrogen) atoms. The molecule has 0 aliphatic carbocycles. The van der Waals surface area contributed by atoms with Crippen LogP contribution in [-0.2, 0) is 42.2 Å². The highest BCUT2D eigenvalue weighted by atomic mass is 31.2. The van der Waals surface area contributed by atoms with Gasteiger partial charge >= 0.3 is 25.7 Å². The molecule has 432 valence electrons. The summed E-state index contributed by atoms with van der Waals surface area (Å²) in [4.78, 5) is 48.6. The average molecular weight is 1080 g/mol. The van der Waals surface area contributed by atoms with Crippen molar-refractivity contribution in [3.63, 3.8) is 0 Å². The van der Waals surface area contributed by atoms with Gasteiger partial charge in [0.1, 0.15) is 12.7 Å². The zero-order chi connectivity index (χ0) is 55.5. The third kappa shape index (κ3) is 54.7. The number of carbonyl (C=O) groups excluding carboxylic acids is 3. The number of aliphatic hydroxyl groups excluding tert-OH is 1.